The molecule has 0 aliphatic heterocycles. The first-order valence-corrected chi connectivity index (χ1v) is 5.99. The van der Waals surface area contributed by atoms with Gasteiger partial charge in [0, 0.05) is 10.4 Å². The molecule has 1 aliphatic carbocycles. The number of nitrogens with one attached hydrogen (secondary N) is 1. The lowest BCUT2D eigenvalue weighted by molar-refractivity contribution is 0.415. The number of aryl methyl sites for hydroxylation is 2. The SMILES string of the molecule is COc1ccc2c(c1)-c1[nH]c(=O)sc1CC2. The van der Waals surface area contributed by atoms with Gasteiger partial charge in [0.25, 0.3) is 0 Å². The van der Waals surface area contributed by atoms with Gasteiger partial charge in [-0.15, -0.1) is 0 Å². The number of benzene rings is 1. The van der Waals surface area contributed by atoms with Gasteiger partial charge in [0.2, 0.25) is 0 Å². The summed E-state index contributed by atoms with van der Waals surface area (Å²) < 4.78 is 5.21. The van der Waals surface area contributed by atoms with Crippen molar-refractivity contribution in [3.8, 4) is 17.0 Å². The third-order valence-corrected chi connectivity index (χ3v) is 3.87. The van der Waals surface area contributed by atoms with E-state index in [1.165, 1.54) is 16.9 Å². The van der Waals surface area contributed by atoms with Gasteiger partial charge in [-0.2, -0.15) is 0 Å². The smallest absolute Gasteiger partial charge is 0.305 e. The lowest BCUT2D eigenvalue weighted by Crippen LogP contribution is -2.02. The third-order valence-electron chi connectivity index (χ3n) is 2.93. The number of ether oxygens (including phenoxy) is 1. The van der Waals surface area contributed by atoms with E-state index in [9.17, 15) is 4.79 Å². The molecule has 0 saturated heterocycles. The van der Waals surface area contributed by atoms with E-state index in [1.807, 2.05) is 12.1 Å². The lowest BCUT2D eigenvalue weighted by atomic mass is 9.93. The monoisotopic (exact) mass is 233 g/mol. The van der Waals surface area contributed by atoms with Gasteiger partial charge in [-0.05, 0) is 30.5 Å². The summed E-state index contributed by atoms with van der Waals surface area (Å²) in [4.78, 5) is 15.5. The molecule has 0 unspecified atom stereocenters. The van der Waals surface area contributed by atoms with Gasteiger partial charge in [-0.25, -0.2) is 0 Å². The second-order valence-electron chi connectivity index (χ2n) is 3.84. The van der Waals surface area contributed by atoms with E-state index in [4.69, 9.17) is 4.74 Å². The largest absolute Gasteiger partial charge is 0.497 e. The van der Waals surface area contributed by atoms with Crippen molar-refractivity contribution >= 4 is 11.3 Å². The Labute approximate surface area is 96.7 Å². The van der Waals surface area contributed by atoms with Gasteiger partial charge in [-0.1, -0.05) is 17.4 Å². The standard InChI is InChI=1S/C12H11NO2S/c1-15-8-4-2-7-3-5-10-11(9(7)6-8)13-12(14)16-10/h2,4,6H,3,5H2,1H3,(H,13,14). The molecule has 0 bridgehead atoms. The molecule has 0 fully saturated rings. The van der Waals surface area contributed by atoms with Gasteiger partial charge >= 0.3 is 4.87 Å². The molecule has 0 saturated carbocycles. The van der Waals surface area contributed by atoms with Crippen molar-refractivity contribution in [1.82, 2.24) is 4.98 Å². The van der Waals surface area contributed by atoms with Crippen molar-refractivity contribution in [3.05, 3.63) is 38.3 Å². The average molecular weight is 233 g/mol. The number of H-pyrrole nitrogens is 1. The molecule has 0 atom stereocenters. The van der Waals surface area contributed by atoms with Crippen LogP contribution in [0.2, 0.25) is 0 Å². The van der Waals surface area contributed by atoms with Crippen LogP contribution < -0.4 is 9.61 Å². The zero-order chi connectivity index (χ0) is 11.1. The topological polar surface area (TPSA) is 42.1 Å². The Balaban J connectivity index is 2.25. The van der Waals surface area contributed by atoms with E-state index < -0.39 is 0 Å². The van der Waals surface area contributed by atoms with Gasteiger partial charge in [-0.3, -0.25) is 4.79 Å². The third kappa shape index (κ3) is 1.38. The maximum Gasteiger partial charge on any atom is 0.305 e. The highest BCUT2D eigenvalue weighted by Gasteiger charge is 2.19. The van der Waals surface area contributed by atoms with Crippen LogP contribution in [0.5, 0.6) is 5.75 Å². The average Bonchev–Trinajstić information content (AvgIpc) is 2.69. The zero-order valence-electron chi connectivity index (χ0n) is 8.87. The molecule has 3 rings (SSSR count). The maximum atomic E-state index is 11.4. The number of aromatic nitrogens is 1. The number of hydrogen-bond acceptors (Lipinski definition) is 3. The van der Waals surface area contributed by atoms with Crippen molar-refractivity contribution in [1.29, 1.82) is 0 Å². The first-order valence-electron chi connectivity index (χ1n) is 5.17. The van der Waals surface area contributed by atoms with Crippen LogP contribution in [-0.4, -0.2) is 12.1 Å². The van der Waals surface area contributed by atoms with Crippen LogP contribution in [0.1, 0.15) is 10.4 Å². The molecule has 3 nitrogen and oxygen atoms in total. The molecule has 1 aliphatic rings. The summed E-state index contributed by atoms with van der Waals surface area (Å²) in [5, 5.41) is 0. The Morgan fingerprint density at radius 2 is 2.25 bits per heavy atom. The minimum absolute atomic E-state index is 0.0284. The molecule has 16 heavy (non-hydrogen) atoms. The predicted octanol–water partition coefficient (Wildman–Crippen LogP) is 2.21. The Bertz CT molecular complexity index is 597. The molecule has 4 heteroatoms. The molecule has 0 radical (unpaired) electrons. The van der Waals surface area contributed by atoms with Gasteiger partial charge in [0.1, 0.15) is 5.75 Å². The maximum absolute atomic E-state index is 11.4. The van der Waals surface area contributed by atoms with Crippen LogP contribution >= 0.6 is 11.3 Å². The summed E-state index contributed by atoms with van der Waals surface area (Å²) in [7, 11) is 1.65. The number of fused-ring (bicyclic) bond motifs is 3. The van der Waals surface area contributed by atoms with Crippen molar-refractivity contribution in [2.45, 2.75) is 12.8 Å². The zero-order valence-corrected chi connectivity index (χ0v) is 9.69. The number of hydrogen-bond donors (Lipinski definition) is 1. The van der Waals surface area contributed by atoms with Crippen LogP contribution in [0.4, 0.5) is 0 Å². The number of thiazole rings is 1. The van der Waals surface area contributed by atoms with Crippen LogP contribution in [-0.2, 0) is 12.8 Å². The van der Waals surface area contributed by atoms with Crippen LogP contribution in [0, 0.1) is 0 Å². The Morgan fingerprint density at radius 3 is 3.06 bits per heavy atom. The molecule has 82 valence electrons. The molecule has 1 aromatic carbocycles. The predicted molar refractivity (Wildman–Crippen MR) is 64.3 cm³/mol. The molecule has 1 aromatic heterocycles. The second kappa shape index (κ2) is 3.49. The van der Waals surface area contributed by atoms with Gasteiger partial charge < -0.3 is 9.72 Å². The number of methoxy groups -OCH3 is 1. The summed E-state index contributed by atoms with van der Waals surface area (Å²) in [6, 6.07) is 6.04. The quantitative estimate of drug-likeness (QED) is 0.820. The highest BCUT2D eigenvalue weighted by Crippen LogP contribution is 2.35. The summed E-state index contributed by atoms with van der Waals surface area (Å²) in [5.74, 6) is 0.832. The van der Waals surface area contributed by atoms with Crippen LogP contribution in [0.3, 0.4) is 0 Å². The Hall–Kier alpha value is -1.55. The van der Waals surface area contributed by atoms with E-state index >= 15 is 0 Å². The number of aromatic amines is 1. The summed E-state index contributed by atoms with van der Waals surface area (Å²) in [6.45, 7) is 0. The van der Waals surface area contributed by atoms with Crippen molar-refractivity contribution in [2.24, 2.45) is 0 Å². The van der Waals surface area contributed by atoms with E-state index in [-0.39, 0.29) is 4.87 Å². The minimum Gasteiger partial charge on any atom is -0.497 e. The van der Waals surface area contributed by atoms with Crippen molar-refractivity contribution < 1.29 is 4.74 Å². The molecule has 1 heterocycles. The molecule has 0 spiro atoms. The minimum atomic E-state index is 0.0284. The van der Waals surface area contributed by atoms with E-state index in [0.717, 1.165) is 34.7 Å². The lowest BCUT2D eigenvalue weighted by Gasteiger charge is -2.16. The highest BCUT2D eigenvalue weighted by molar-refractivity contribution is 7.09. The van der Waals surface area contributed by atoms with Gasteiger partial charge in [0.15, 0.2) is 0 Å². The molecule has 1 N–H and O–H groups in total. The van der Waals surface area contributed by atoms with Crippen molar-refractivity contribution in [3.63, 3.8) is 0 Å². The summed E-state index contributed by atoms with van der Waals surface area (Å²) >= 11 is 1.32. The molecule has 0 amide bonds. The molecular weight excluding hydrogens is 222 g/mol. The normalized spacial score (nSPS) is 13.1. The molecular formula is C12H11NO2S. The van der Waals surface area contributed by atoms with E-state index in [0.29, 0.717) is 0 Å². The Kier molecular flexibility index (Phi) is 2.11. The first kappa shape index (κ1) is 9.66. The highest BCUT2D eigenvalue weighted by atomic mass is 32.1. The van der Waals surface area contributed by atoms with E-state index in [1.54, 1.807) is 7.11 Å². The fourth-order valence-corrected chi connectivity index (χ4v) is 2.98. The van der Waals surface area contributed by atoms with E-state index in [2.05, 4.69) is 11.1 Å². The van der Waals surface area contributed by atoms with Crippen LogP contribution in [0.25, 0.3) is 11.3 Å². The Morgan fingerprint density at radius 1 is 1.38 bits per heavy atom. The summed E-state index contributed by atoms with van der Waals surface area (Å²) in [5.41, 5.74) is 3.37. The first-order chi connectivity index (χ1) is 7.78. The fourth-order valence-electron chi connectivity index (χ4n) is 2.14. The van der Waals surface area contributed by atoms with Crippen molar-refractivity contribution in [2.75, 3.05) is 7.11 Å². The van der Waals surface area contributed by atoms with Crippen LogP contribution in [0.15, 0.2) is 23.0 Å². The second-order valence-corrected chi connectivity index (χ2v) is 4.90. The summed E-state index contributed by atoms with van der Waals surface area (Å²) in [6.07, 6.45) is 1.96. The number of rotatable bonds is 1. The van der Waals surface area contributed by atoms with Gasteiger partial charge in [0.05, 0.1) is 12.8 Å². The fraction of sp³-hybridized carbons (Fsp3) is 0.250. The molecule has 2 aromatic rings.